The molecule has 0 spiro atoms. The predicted octanol–water partition coefficient (Wildman–Crippen LogP) is 4.41. The van der Waals surface area contributed by atoms with Crippen LogP contribution < -0.4 is 10.6 Å². The Balaban J connectivity index is 0.00000264. The quantitative estimate of drug-likeness (QED) is 0.392. The predicted molar refractivity (Wildman–Crippen MR) is 107 cm³/mol. The Morgan fingerprint density at radius 2 is 2.13 bits per heavy atom. The average molecular weight is 448 g/mol. The number of halogens is 2. The highest BCUT2D eigenvalue weighted by molar-refractivity contribution is 14.0. The molecular formula is C17H23ClIN3O. The summed E-state index contributed by atoms with van der Waals surface area (Å²) in [5, 5.41) is 7.39. The fraction of sp³-hybridized carbons (Fsp3) is 0.353. The second kappa shape index (κ2) is 10.5. The van der Waals surface area contributed by atoms with Gasteiger partial charge in [-0.1, -0.05) is 23.7 Å². The van der Waals surface area contributed by atoms with Crippen molar-refractivity contribution >= 4 is 41.5 Å². The van der Waals surface area contributed by atoms with E-state index in [0.717, 1.165) is 35.3 Å². The Morgan fingerprint density at radius 1 is 1.30 bits per heavy atom. The maximum Gasteiger partial charge on any atom is 0.191 e. The third kappa shape index (κ3) is 6.83. The molecule has 0 aliphatic carbocycles. The van der Waals surface area contributed by atoms with Gasteiger partial charge in [0.05, 0.1) is 12.3 Å². The van der Waals surface area contributed by atoms with E-state index in [2.05, 4.69) is 28.6 Å². The van der Waals surface area contributed by atoms with Crippen LogP contribution in [0, 0.1) is 0 Å². The van der Waals surface area contributed by atoms with E-state index >= 15 is 0 Å². The van der Waals surface area contributed by atoms with Crippen molar-refractivity contribution in [2.24, 2.45) is 4.99 Å². The van der Waals surface area contributed by atoms with Gasteiger partial charge in [0.25, 0.3) is 0 Å². The molecule has 1 heterocycles. The first kappa shape index (κ1) is 19.8. The maximum atomic E-state index is 6.04. The van der Waals surface area contributed by atoms with Crippen LogP contribution >= 0.6 is 35.6 Å². The Kier molecular flexibility index (Phi) is 9.09. The lowest BCUT2D eigenvalue weighted by atomic mass is 10.1. The van der Waals surface area contributed by atoms with Gasteiger partial charge in [-0.05, 0) is 43.7 Å². The number of benzene rings is 1. The SMILES string of the molecule is CCNC(=NCCc1ccco1)NC(C)c1cccc(Cl)c1.I. The van der Waals surface area contributed by atoms with Crippen LogP contribution in [0.25, 0.3) is 0 Å². The van der Waals surface area contributed by atoms with Gasteiger partial charge in [-0.15, -0.1) is 24.0 Å². The molecule has 6 heteroatoms. The smallest absolute Gasteiger partial charge is 0.191 e. The van der Waals surface area contributed by atoms with Crippen LogP contribution in [0.15, 0.2) is 52.1 Å². The van der Waals surface area contributed by atoms with Gasteiger partial charge in [-0.2, -0.15) is 0 Å². The Hall–Kier alpha value is -1.21. The number of hydrogen-bond acceptors (Lipinski definition) is 2. The van der Waals surface area contributed by atoms with Crippen molar-refractivity contribution in [1.29, 1.82) is 0 Å². The first-order valence-corrected chi connectivity index (χ1v) is 7.89. The minimum Gasteiger partial charge on any atom is -0.469 e. The van der Waals surface area contributed by atoms with E-state index in [0.29, 0.717) is 6.54 Å². The summed E-state index contributed by atoms with van der Waals surface area (Å²) in [6, 6.07) is 11.8. The summed E-state index contributed by atoms with van der Waals surface area (Å²) in [5.41, 5.74) is 1.13. The molecule has 0 saturated carbocycles. The monoisotopic (exact) mass is 447 g/mol. The molecule has 1 aromatic heterocycles. The first-order chi connectivity index (χ1) is 10.7. The fourth-order valence-electron chi connectivity index (χ4n) is 2.12. The summed E-state index contributed by atoms with van der Waals surface area (Å²) in [4.78, 5) is 4.58. The van der Waals surface area contributed by atoms with Crippen LogP contribution in [0.2, 0.25) is 5.02 Å². The van der Waals surface area contributed by atoms with E-state index in [1.54, 1.807) is 6.26 Å². The molecule has 1 atom stereocenters. The summed E-state index contributed by atoms with van der Waals surface area (Å²) < 4.78 is 5.31. The zero-order valence-corrected chi connectivity index (χ0v) is 16.5. The van der Waals surface area contributed by atoms with Crippen molar-refractivity contribution in [3.63, 3.8) is 0 Å². The zero-order valence-electron chi connectivity index (χ0n) is 13.4. The van der Waals surface area contributed by atoms with Gasteiger partial charge in [0.2, 0.25) is 0 Å². The van der Waals surface area contributed by atoms with Gasteiger partial charge in [0.1, 0.15) is 5.76 Å². The zero-order chi connectivity index (χ0) is 15.8. The van der Waals surface area contributed by atoms with E-state index in [1.807, 2.05) is 37.3 Å². The first-order valence-electron chi connectivity index (χ1n) is 7.51. The second-order valence-corrected chi connectivity index (χ2v) is 5.45. The molecule has 0 bridgehead atoms. The summed E-state index contributed by atoms with van der Waals surface area (Å²) in [7, 11) is 0. The molecule has 0 saturated heterocycles. The third-order valence-corrected chi connectivity index (χ3v) is 3.49. The Labute approximate surface area is 159 Å². The summed E-state index contributed by atoms with van der Waals surface area (Å²) in [6.07, 6.45) is 2.47. The lowest BCUT2D eigenvalue weighted by molar-refractivity contribution is 0.510. The molecule has 2 rings (SSSR count). The molecule has 1 aromatic carbocycles. The number of rotatable bonds is 6. The van der Waals surface area contributed by atoms with Gasteiger partial charge in [0, 0.05) is 24.5 Å². The minimum atomic E-state index is 0. The van der Waals surface area contributed by atoms with E-state index in [9.17, 15) is 0 Å². The van der Waals surface area contributed by atoms with Crippen LogP contribution in [0.3, 0.4) is 0 Å². The minimum absolute atomic E-state index is 0. The lowest BCUT2D eigenvalue weighted by Gasteiger charge is -2.18. The molecule has 1 unspecified atom stereocenters. The Morgan fingerprint density at radius 3 is 2.78 bits per heavy atom. The second-order valence-electron chi connectivity index (χ2n) is 5.01. The van der Waals surface area contributed by atoms with Gasteiger partial charge in [-0.3, -0.25) is 4.99 Å². The van der Waals surface area contributed by atoms with Gasteiger partial charge in [-0.25, -0.2) is 0 Å². The summed E-state index contributed by atoms with van der Waals surface area (Å²) in [5.74, 6) is 1.74. The van der Waals surface area contributed by atoms with Crippen molar-refractivity contribution in [1.82, 2.24) is 10.6 Å². The molecule has 2 aromatic rings. The molecule has 0 aliphatic heterocycles. The Bertz CT molecular complexity index is 602. The van der Waals surface area contributed by atoms with Gasteiger partial charge >= 0.3 is 0 Å². The highest BCUT2D eigenvalue weighted by Crippen LogP contribution is 2.17. The number of hydrogen-bond donors (Lipinski definition) is 2. The van der Waals surface area contributed by atoms with Crippen molar-refractivity contribution in [2.45, 2.75) is 26.3 Å². The summed E-state index contributed by atoms with van der Waals surface area (Å²) in [6.45, 7) is 5.62. The van der Waals surface area contributed by atoms with Gasteiger partial charge in [0.15, 0.2) is 5.96 Å². The standard InChI is InChI=1S/C17H22ClN3O.HI/c1-3-19-17(20-10-9-16-8-5-11-22-16)21-13(2)14-6-4-7-15(18)12-14;/h4-8,11-13H,3,9-10H2,1-2H3,(H2,19,20,21);1H. The molecule has 0 fully saturated rings. The highest BCUT2D eigenvalue weighted by atomic mass is 127. The van der Waals surface area contributed by atoms with Crippen LogP contribution in [-0.2, 0) is 6.42 Å². The molecule has 4 nitrogen and oxygen atoms in total. The molecule has 0 amide bonds. The number of nitrogens with zero attached hydrogens (tertiary/aromatic N) is 1. The molecule has 23 heavy (non-hydrogen) atoms. The van der Waals surface area contributed by atoms with Crippen LogP contribution in [0.5, 0.6) is 0 Å². The van der Waals surface area contributed by atoms with E-state index < -0.39 is 0 Å². The summed E-state index contributed by atoms with van der Waals surface area (Å²) >= 11 is 6.04. The molecule has 2 N–H and O–H groups in total. The van der Waals surface area contributed by atoms with Crippen molar-refractivity contribution in [3.8, 4) is 0 Å². The number of furan rings is 1. The van der Waals surface area contributed by atoms with Gasteiger partial charge < -0.3 is 15.1 Å². The average Bonchev–Trinajstić information content (AvgIpc) is 3.00. The van der Waals surface area contributed by atoms with Crippen molar-refractivity contribution in [3.05, 3.63) is 59.0 Å². The third-order valence-electron chi connectivity index (χ3n) is 3.25. The van der Waals surface area contributed by atoms with E-state index in [4.69, 9.17) is 16.0 Å². The largest absolute Gasteiger partial charge is 0.469 e. The van der Waals surface area contributed by atoms with Crippen LogP contribution in [0.1, 0.15) is 31.2 Å². The number of nitrogens with one attached hydrogen (secondary N) is 2. The molecular weight excluding hydrogens is 425 g/mol. The van der Waals surface area contributed by atoms with E-state index in [1.165, 1.54) is 0 Å². The van der Waals surface area contributed by atoms with Crippen molar-refractivity contribution < 1.29 is 4.42 Å². The van der Waals surface area contributed by atoms with Crippen molar-refractivity contribution in [2.75, 3.05) is 13.1 Å². The molecule has 0 aliphatic rings. The lowest BCUT2D eigenvalue weighted by Crippen LogP contribution is -2.38. The highest BCUT2D eigenvalue weighted by Gasteiger charge is 2.08. The number of aliphatic imine (C=N–C) groups is 1. The number of guanidine groups is 1. The maximum absolute atomic E-state index is 6.04. The van der Waals surface area contributed by atoms with Crippen LogP contribution in [0.4, 0.5) is 0 Å². The fourth-order valence-corrected chi connectivity index (χ4v) is 2.32. The molecule has 0 radical (unpaired) electrons. The van der Waals surface area contributed by atoms with E-state index in [-0.39, 0.29) is 30.0 Å². The topological polar surface area (TPSA) is 49.6 Å². The molecule has 126 valence electrons. The normalized spacial score (nSPS) is 12.4. The van der Waals surface area contributed by atoms with Crippen LogP contribution in [-0.4, -0.2) is 19.0 Å².